The molecule has 0 saturated heterocycles. The lowest BCUT2D eigenvalue weighted by atomic mass is 9.29. The summed E-state index contributed by atoms with van der Waals surface area (Å²) in [6.45, 7) is 7.20. The minimum absolute atomic E-state index is 0.195. The summed E-state index contributed by atoms with van der Waals surface area (Å²) in [5.41, 5.74) is 3.60. The predicted octanol–water partition coefficient (Wildman–Crippen LogP) is 3.43. The molecule has 0 aliphatic carbocycles. The fourth-order valence-electron chi connectivity index (χ4n) is 2.85. The number of fused-ring (bicyclic) bond motifs is 1. The summed E-state index contributed by atoms with van der Waals surface area (Å²) in [5.74, 6) is 2.24. The SMILES string of the molecule is C[B-](C)(C)CN1B(c2ccco2)C=Cc2ccccc21. The molecule has 102 valence electrons. The van der Waals surface area contributed by atoms with Crippen LogP contribution in [0, 0.1) is 0 Å². The Hall–Kier alpha value is -1.83. The highest BCUT2D eigenvalue weighted by molar-refractivity contribution is 6.85. The number of nitrogens with zero attached hydrogens (tertiary/aromatic N) is 1. The van der Waals surface area contributed by atoms with Crippen molar-refractivity contribution in [3.63, 3.8) is 0 Å². The van der Waals surface area contributed by atoms with Gasteiger partial charge < -0.3 is 9.23 Å². The first-order chi connectivity index (χ1) is 9.54. The van der Waals surface area contributed by atoms with Gasteiger partial charge in [-0.3, -0.25) is 0 Å². The third-order valence-corrected chi connectivity index (χ3v) is 3.62. The van der Waals surface area contributed by atoms with Crippen LogP contribution in [0.15, 0.2) is 53.1 Å². The first-order valence-electron chi connectivity index (χ1n) is 7.40. The normalized spacial score (nSPS) is 14.6. The topological polar surface area (TPSA) is 16.4 Å². The lowest BCUT2D eigenvalue weighted by molar-refractivity contribution is 0.599. The second-order valence-corrected chi connectivity index (χ2v) is 6.99. The van der Waals surface area contributed by atoms with Crippen LogP contribution in [0.25, 0.3) is 6.08 Å². The highest BCUT2D eigenvalue weighted by Crippen LogP contribution is 2.28. The van der Waals surface area contributed by atoms with Gasteiger partial charge in [0.15, 0.2) is 0 Å². The molecule has 0 atom stereocenters. The van der Waals surface area contributed by atoms with Crippen molar-refractivity contribution in [2.45, 2.75) is 20.5 Å². The van der Waals surface area contributed by atoms with Crippen LogP contribution in [0.2, 0.25) is 20.5 Å². The molecule has 0 N–H and O–H groups in total. The van der Waals surface area contributed by atoms with E-state index in [4.69, 9.17) is 4.42 Å². The van der Waals surface area contributed by atoms with Crippen molar-refractivity contribution in [3.05, 3.63) is 54.2 Å². The summed E-state index contributed by atoms with van der Waals surface area (Å²) >= 11 is 0. The van der Waals surface area contributed by atoms with Gasteiger partial charge in [-0.15, -0.1) is 6.44 Å². The van der Waals surface area contributed by atoms with Crippen molar-refractivity contribution < 1.29 is 4.42 Å². The fourth-order valence-corrected chi connectivity index (χ4v) is 2.85. The van der Waals surface area contributed by atoms with E-state index in [-0.39, 0.29) is 6.85 Å². The molecule has 2 nitrogen and oxygen atoms in total. The van der Waals surface area contributed by atoms with E-state index >= 15 is 0 Å². The van der Waals surface area contributed by atoms with Gasteiger partial charge in [-0.1, -0.05) is 30.3 Å². The lowest BCUT2D eigenvalue weighted by Gasteiger charge is -2.41. The molecule has 1 aromatic carbocycles. The summed E-state index contributed by atoms with van der Waals surface area (Å²) in [4.78, 5) is 2.47. The minimum Gasteiger partial charge on any atom is -0.476 e. The standard InChI is InChI=1S/C16H20B2NO/c1-18(2,3)13-19-15-8-5-4-7-14(15)10-11-17(19)16-9-6-12-20-16/h4-12H,13H2,1-3H3/q-1. The number of hydrogen-bond donors (Lipinski definition) is 0. The van der Waals surface area contributed by atoms with Crippen LogP contribution in [-0.4, -0.2) is 19.4 Å². The van der Waals surface area contributed by atoms with Crippen molar-refractivity contribution in [2.75, 3.05) is 11.3 Å². The Labute approximate surface area is 121 Å². The van der Waals surface area contributed by atoms with Crippen LogP contribution < -0.4 is 10.5 Å². The maximum atomic E-state index is 5.65. The van der Waals surface area contributed by atoms with E-state index in [2.05, 4.69) is 67.7 Å². The Kier molecular flexibility index (Phi) is 3.25. The molecule has 0 unspecified atom stereocenters. The van der Waals surface area contributed by atoms with Crippen molar-refractivity contribution in [2.24, 2.45) is 0 Å². The van der Waals surface area contributed by atoms with Crippen LogP contribution in [0.1, 0.15) is 5.56 Å². The van der Waals surface area contributed by atoms with Gasteiger partial charge in [0.25, 0.3) is 0 Å². The van der Waals surface area contributed by atoms with Crippen molar-refractivity contribution >= 4 is 30.4 Å². The predicted molar refractivity (Wildman–Crippen MR) is 90.3 cm³/mol. The first-order valence-corrected chi connectivity index (χ1v) is 7.40. The Morgan fingerprint density at radius 1 is 1.10 bits per heavy atom. The molecule has 0 fully saturated rings. The van der Waals surface area contributed by atoms with E-state index in [1.807, 2.05) is 6.07 Å². The Morgan fingerprint density at radius 3 is 2.60 bits per heavy atom. The maximum Gasteiger partial charge on any atom is 0.355 e. The average Bonchev–Trinajstić information content (AvgIpc) is 2.91. The number of furan rings is 1. The van der Waals surface area contributed by atoms with Gasteiger partial charge in [0, 0.05) is 11.8 Å². The third kappa shape index (κ3) is 2.55. The lowest BCUT2D eigenvalue weighted by Crippen LogP contribution is -2.54. The zero-order valence-electron chi connectivity index (χ0n) is 12.4. The van der Waals surface area contributed by atoms with Crippen molar-refractivity contribution in [1.29, 1.82) is 0 Å². The van der Waals surface area contributed by atoms with E-state index in [9.17, 15) is 0 Å². The van der Waals surface area contributed by atoms with E-state index in [0.29, 0.717) is 0 Å². The zero-order chi connectivity index (χ0) is 14.2. The first kappa shape index (κ1) is 13.2. The van der Waals surface area contributed by atoms with Gasteiger partial charge in [0.1, 0.15) is 0 Å². The number of benzene rings is 1. The molecule has 0 amide bonds. The molecule has 1 aromatic heterocycles. The Bertz CT molecular complexity index is 614. The van der Waals surface area contributed by atoms with Crippen molar-refractivity contribution in [3.8, 4) is 0 Å². The number of anilines is 1. The molecule has 0 bridgehead atoms. The van der Waals surface area contributed by atoms with Crippen LogP contribution in [0.4, 0.5) is 5.69 Å². The molecule has 20 heavy (non-hydrogen) atoms. The summed E-state index contributed by atoms with van der Waals surface area (Å²) in [5, 5.41) is 0. The highest BCUT2D eigenvalue weighted by Gasteiger charge is 2.30. The van der Waals surface area contributed by atoms with Crippen molar-refractivity contribution in [1.82, 2.24) is 0 Å². The molecule has 2 aromatic rings. The van der Waals surface area contributed by atoms with Gasteiger partial charge in [-0.25, -0.2) is 0 Å². The summed E-state index contributed by atoms with van der Waals surface area (Å²) in [7, 11) is 0. The molecular formula is C16H20B2NO-. The quantitative estimate of drug-likeness (QED) is 0.789. The third-order valence-electron chi connectivity index (χ3n) is 3.62. The van der Waals surface area contributed by atoms with Gasteiger partial charge >= 0.3 is 6.85 Å². The highest BCUT2D eigenvalue weighted by atomic mass is 16.3. The number of hydrogen-bond acceptors (Lipinski definition) is 2. The smallest absolute Gasteiger partial charge is 0.355 e. The van der Waals surface area contributed by atoms with Gasteiger partial charge in [0.05, 0.1) is 11.9 Å². The summed E-state index contributed by atoms with van der Waals surface area (Å²) in [6.07, 6.45) is 4.58. The monoisotopic (exact) mass is 264 g/mol. The van der Waals surface area contributed by atoms with E-state index in [1.165, 1.54) is 11.3 Å². The molecule has 0 spiro atoms. The van der Waals surface area contributed by atoms with E-state index in [1.54, 1.807) is 6.26 Å². The van der Waals surface area contributed by atoms with E-state index in [0.717, 1.165) is 12.1 Å². The van der Waals surface area contributed by atoms with Gasteiger partial charge in [-0.05, 0) is 23.8 Å². The molecule has 1 aliphatic rings. The summed E-state index contributed by atoms with van der Waals surface area (Å²) < 4.78 is 5.65. The maximum absolute atomic E-state index is 5.65. The number of rotatable bonds is 3. The van der Waals surface area contributed by atoms with Crippen LogP contribution in [0.5, 0.6) is 0 Å². The fraction of sp³-hybridized carbons (Fsp3) is 0.250. The second-order valence-electron chi connectivity index (χ2n) is 6.99. The molecule has 1 aliphatic heterocycles. The van der Waals surface area contributed by atoms with Crippen LogP contribution >= 0.6 is 0 Å². The Balaban J connectivity index is 2.03. The molecular weight excluding hydrogens is 244 g/mol. The number of para-hydroxylation sites is 1. The molecule has 0 radical (unpaired) electrons. The molecule has 3 rings (SSSR count). The largest absolute Gasteiger partial charge is 0.476 e. The second kappa shape index (κ2) is 4.93. The van der Waals surface area contributed by atoms with Gasteiger partial charge in [0.2, 0.25) is 0 Å². The molecule has 0 saturated carbocycles. The molecule has 4 heteroatoms. The summed E-state index contributed by atoms with van der Waals surface area (Å²) in [6, 6.07) is 12.6. The minimum atomic E-state index is -0.424. The van der Waals surface area contributed by atoms with Crippen LogP contribution in [0.3, 0.4) is 0 Å². The van der Waals surface area contributed by atoms with Crippen LogP contribution in [-0.2, 0) is 0 Å². The molecule has 2 heterocycles. The van der Waals surface area contributed by atoms with E-state index < -0.39 is 6.15 Å². The zero-order valence-corrected chi connectivity index (χ0v) is 12.4. The van der Waals surface area contributed by atoms with Gasteiger partial charge in [-0.2, -0.15) is 20.5 Å². The average molecular weight is 264 g/mol. The Morgan fingerprint density at radius 2 is 1.90 bits per heavy atom.